The third-order valence-electron chi connectivity index (χ3n) is 6.01. The van der Waals surface area contributed by atoms with Gasteiger partial charge in [0.15, 0.2) is 0 Å². The fourth-order valence-corrected chi connectivity index (χ4v) is 7.50. The van der Waals surface area contributed by atoms with Crippen molar-refractivity contribution in [2.45, 2.75) is 12.8 Å². The van der Waals surface area contributed by atoms with Crippen molar-refractivity contribution in [3.63, 3.8) is 0 Å². The summed E-state index contributed by atoms with van der Waals surface area (Å²) in [4.78, 5) is 78.0. The van der Waals surface area contributed by atoms with Gasteiger partial charge < -0.3 is 0 Å². The minimum Gasteiger partial charge on any atom is -0.292 e. The predicted octanol–water partition coefficient (Wildman–Crippen LogP) is 4.23. The van der Waals surface area contributed by atoms with Crippen molar-refractivity contribution >= 4 is 138 Å². The molecule has 2 aliphatic heterocycles. The van der Waals surface area contributed by atoms with E-state index in [9.17, 15) is 28.8 Å². The number of halogens is 4. The van der Waals surface area contributed by atoms with Gasteiger partial charge in [-0.3, -0.25) is 60.3 Å². The Bertz CT molecular complexity index is 1620. The number of amides is 6. The smallest absolute Gasteiger partial charge is 0.271 e. The largest absolute Gasteiger partial charge is 0.292 e. The number of thioether (sulfide) groups is 2. The summed E-state index contributed by atoms with van der Waals surface area (Å²) in [6.07, 6.45) is -0.462. The molecule has 4 N–H and O–H groups in total. The van der Waals surface area contributed by atoms with Crippen LogP contribution in [0.1, 0.15) is 33.6 Å². The Hall–Kier alpha value is -2.96. The molecule has 0 saturated carbocycles. The Labute approximate surface area is 300 Å². The quantitative estimate of drug-likeness (QED) is 0.174. The highest BCUT2D eigenvalue weighted by atomic mass is 35.5. The lowest BCUT2D eigenvalue weighted by atomic mass is 10.2. The summed E-state index contributed by atoms with van der Waals surface area (Å²) in [6, 6.07) is 8.47. The molecule has 0 radical (unpaired) electrons. The fourth-order valence-electron chi connectivity index (χ4n) is 3.74. The second kappa shape index (κ2) is 15.8. The minimum atomic E-state index is -0.673. The zero-order valence-electron chi connectivity index (χ0n) is 22.8. The van der Waals surface area contributed by atoms with Crippen LogP contribution >= 0.6 is 94.4 Å². The van der Waals surface area contributed by atoms with Crippen LogP contribution in [0.5, 0.6) is 0 Å². The maximum Gasteiger partial charge on any atom is 0.271 e. The Morgan fingerprint density at radius 2 is 1.00 bits per heavy atom. The monoisotopic (exact) mass is 778 g/mol. The van der Waals surface area contributed by atoms with Crippen molar-refractivity contribution in [2.24, 2.45) is 0 Å². The van der Waals surface area contributed by atoms with Crippen molar-refractivity contribution in [3.8, 4) is 0 Å². The van der Waals surface area contributed by atoms with E-state index in [2.05, 4.69) is 21.7 Å². The van der Waals surface area contributed by atoms with Gasteiger partial charge in [0.1, 0.15) is 8.64 Å². The molecule has 0 atom stereocenters. The van der Waals surface area contributed by atoms with Crippen LogP contribution in [0.3, 0.4) is 0 Å². The lowest BCUT2D eigenvalue weighted by molar-refractivity contribution is -0.126. The zero-order chi connectivity index (χ0) is 33.7. The molecule has 0 unspecified atom stereocenters. The molecule has 6 amide bonds. The SMILES string of the molecule is O=C(CCN1C(=O)C(=C2SC(=S)N(CCC(=O)NNC(=O)c3ccc(Cl)cc3Cl)C2=O)SC1=S)NNC(=O)c1ccc(Cl)cc1Cl. The van der Waals surface area contributed by atoms with Crippen LogP contribution in [0.15, 0.2) is 46.2 Å². The van der Waals surface area contributed by atoms with Crippen LogP contribution in [0.25, 0.3) is 0 Å². The van der Waals surface area contributed by atoms with Gasteiger partial charge in [0, 0.05) is 36.0 Å². The average molecular weight is 781 g/mol. The van der Waals surface area contributed by atoms with Crippen LogP contribution < -0.4 is 21.7 Å². The molecule has 0 aliphatic carbocycles. The maximum absolute atomic E-state index is 13.1. The number of carbonyl (C=O) groups is 6. The number of thiocarbonyl (C=S) groups is 2. The summed E-state index contributed by atoms with van der Waals surface area (Å²) < 4.78 is 0.233. The second-order valence-electron chi connectivity index (χ2n) is 9.06. The molecule has 12 nitrogen and oxygen atoms in total. The number of hydrogen-bond donors (Lipinski definition) is 4. The maximum atomic E-state index is 13.1. The molecule has 0 bridgehead atoms. The number of nitrogens with one attached hydrogen (secondary N) is 4. The molecule has 46 heavy (non-hydrogen) atoms. The van der Waals surface area contributed by atoms with E-state index in [0.717, 1.165) is 33.3 Å². The van der Waals surface area contributed by atoms with E-state index in [4.69, 9.17) is 70.8 Å². The number of carbonyl (C=O) groups excluding carboxylic acids is 6. The van der Waals surface area contributed by atoms with Gasteiger partial charge in [0.2, 0.25) is 11.8 Å². The van der Waals surface area contributed by atoms with E-state index >= 15 is 0 Å². The number of hydrogen-bond acceptors (Lipinski definition) is 10. The van der Waals surface area contributed by atoms with Crippen molar-refractivity contribution in [2.75, 3.05) is 13.1 Å². The van der Waals surface area contributed by atoms with Gasteiger partial charge in [0.05, 0.1) is 31.0 Å². The summed E-state index contributed by atoms with van der Waals surface area (Å²) in [5.41, 5.74) is 9.10. The van der Waals surface area contributed by atoms with Crippen LogP contribution in [0.4, 0.5) is 0 Å². The summed E-state index contributed by atoms with van der Waals surface area (Å²) in [7, 11) is 0. The molecule has 0 aromatic heterocycles. The summed E-state index contributed by atoms with van der Waals surface area (Å²) >= 11 is 36.0. The van der Waals surface area contributed by atoms with E-state index in [1.807, 2.05) is 0 Å². The first-order valence-electron chi connectivity index (χ1n) is 12.7. The number of benzene rings is 2. The van der Waals surface area contributed by atoms with Gasteiger partial charge >= 0.3 is 0 Å². The zero-order valence-corrected chi connectivity index (χ0v) is 29.1. The fraction of sp³-hybridized carbons (Fsp3) is 0.154. The van der Waals surface area contributed by atoms with Gasteiger partial charge in [-0.2, -0.15) is 0 Å². The summed E-state index contributed by atoms with van der Waals surface area (Å²) in [5.74, 6) is -3.78. The van der Waals surface area contributed by atoms with E-state index in [-0.39, 0.29) is 65.6 Å². The molecular formula is C26H18Cl4N6O6S4. The molecule has 2 aromatic rings. The first kappa shape index (κ1) is 35.9. The first-order valence-corrected chi connectivity index (χ1v) is 16.6. The molecule has 2 fully saturated rings. The molecule has 0 spiro atoms. The van der Waals surface area contributed by atoms with Crippen molar-refractivity contribution in [1.29, 1.82) is 0 Å². The highest BCUT2D eigenvalue weighted by Crippen LogP contribution is 2.42. The third kappa shape index (κ3) is 8.68. The standard InChI is InChI=1S/C26H18Cl4N6O6S4/c27-11-1-3-13(15(29)9-11)21(39)33-31-17(37)5-7-35-23(41)19(45-25(35)43)20-24(42)36(26(44)46-20)8-6-18(38)32-34-22(40)14-4-2-12(28)10-16(14)30/h1-4,9-10H,5-8H2,(H,31,37)(H,32,38)(H,33,39)(H,34,40). The molecule has 20 heteroatoms. The Morgan fingerprint density at radius 3 is 1.35 bits per heavy atom. The van der Waals surface area contributed by atoms with E-state index in [1.54, 1.807) is 0 Å². The Balaban J connectivity index is 1.27. The van der Waals surface area contributed by atoms with Crippen molar-refractivity contribution in [3.05, 3.63) is 77.4 Å². The number of hydrazine groups is 2. The van der Waals surface area contributed by atoms with E-state index in [0.29, 0.717) is 10.0 Å². The van der Waals surface area contributed by atoms with Gasteiger partial charge in [-0.25, -0.2) is 0 Å². The molecule has 2 heterocycles. The van der Waals surface area contributed by atoms with Gasteiger partial charge in [-0.05, 0) is 36.4 Å². The molecule has 4 rings (SSSR count). The van der Waals surface area contributed by atoms with Gasteiger partial charge in [0.25, 0.3) is 23.6 Å². The highest BCUT2D eigenvalue weighted by Gasteiger charge is 2.42. The predicted molar refractivity (Wildman–Crippen MR) is 184 cm³/mol. The molecular weight excluding hydrogens is 762 g/mol. The number of rotatable bonds is 8. The summed E-state index contributed by atoms with van der Waals surface area (Å²) in [5, 5.41) is 0.858. The second-order valence-corrected chi connectivity index (χ2v) is 14.0. The first-order chi connectivity index (χ1) is 21.8. The van der Waals surface area contributed by atoms with Crippen LogP contribution in [-0.4, -0.2) is 67.0 Å². The lowest BCUT2D eigenvalue weighted by Gasteiger charge is -2.15. The average Bonchev–Trinajstić information content (AvgIpc) is 3.44. The topological polar surface area (TPSA) is 157 Å². The van der Waals surface area contributed by atoms with Gasteiger partial charge in [-0.1, -0.05) is 94.4 Å². The highest BCUT2D eigenvalue weighted by molar-refractivity contribution is 8.29. The lowest BCUT2D eigenvalue weighted by Crippen LogP contribution is -2.43. The van der Waals surface area contributed by atoms with Crippen LogP contribution in [-0.2, 0) is 19.2 Å². The Kier molecular flexibility index (Phi) is 12.3. The summed E-state index contributed by atoms with van der Waals surface area (Å²) in [6.45, 7) is -0.268. The van der Waals surface area contributed by atoms with E-state index in [1.165, 1.54) is 36.4 Å². The molecule has 240 valence electrons. The Morgan fingerprint density at radius 1 is 0.630 bits per heavy atom. The molecule has 2 aliphatic rings. The van der Waals surface area contributed by atoms with Crippen molar-refractivity contribution in [1.82, 2.24) is 31.5 Å². The van der Waals surface area contributed by atoms with Crippen molar-refractivity contribution < 1.29 is 28.8 Å². The molecule has 2 saturated heterocycles. The third-order valence-corrected chi connectivity index (χ3v) is 10.1. The van der Waals surface area contributed by atoms with Crippen LogP contribution in [0.2, 0.25) is 20.1 Å². The van der Waals surface area contributed by atoms with E-state index < -0.39 is 35.4 Å². The molecule has 2 aromatic carbocycles. The number of nitrogens with zero attached hydrogens (tertiary/aromatic N) is 2. The normalized spacial score (nSPS) is 16.2. The minimum absolute atomic E-state index is 0.0347. The van der Waals surface area contributed by atoms with Gasteiger partial charge in [-0.15, -0.1) is 0 Å². The van der Waals surface area contributed by atoms with Crippen LogP contribution in [0, 0.1) is 0 Å².